The summed E-state index contributed by atoms with van der Waals surface area (Å²) in [4.78, 5) is 146. The molecule has 0 unspecified atom stereocenters. The normalized spacial score (nSPS) is 10.9. The number of sulfonamides is 1. The van der Waals surface area contributed by atoms with Gasteiger partial charge in [-0.3, -0.25) is 0 Å². The Morgan fingerprint density at radius 2 is 0.622 bits per heavy atom. The smallest absolute Gasteiger partial charge is 0.351 e. The van der Waals surface area contributed by atoms with Crippen LogP contribution in [0.5, 0.6) is 34.5 Å². The first-order valence-electron chi connectivity index (χ1n) is 42.5. The average molecular weight is 2170 g/mol. The summed E-state index contributed by atoms with van der Waals surface area (Å²) in [6.45, 7) is -0.587. The van der Waals surface area contributed by atoms with Gasteiger partial charge >= 0.3 is 69.6 Å². The van der Waals surface area contributed by atoms with Gasteiger partial charge in [0.2, 0.25) is 10.0 Å². The van der Waals surface area contributed by atoms with Gasteiger partial charge in [-0.15, -0.1) is 0 Å². The Labute approximate surface area is 842 Å². The fourth-order valence-electron chi connectivity index (χ4n) is 13.8. The number of carbonyl (C=O) groups excluding carboxylic acids is 6. The van der Waals surface area contributed by atoms with Crippen molar-refractivity contribution in [1.82, 2.24) is 4.72 Å². The molecular formula is C109H69Br3Cl2FNO26S. The van der Waals surface area contributed by atoms with Crippen LogP contribution in [-0.2, 0) is 33.9 Å². The molecule has 0 spiro atoms. The highest BCUT2D eigenvalue weighted by molar-refractivity contribution is 9.10. The van der Waals surface area contributed by atoms with E-state index in [1.165, 1.54) is 84.9 Å². The molecule has 0 saturated carbocycles. The van der Waals surface area contributed by atoms with Crippen molar-refractivity contribution in [2.24, 2.45) is 0 Å². The standard InChI is InChI=1S/2C20H12O4.C18H14ClNO6S.C17H10Br2O4.C17H11BrO4.C17H10ClFO4/c21-19-16(12-14-7-2-4-10-17(14)23-19)20(22)24-18-11-5-8-13-6-1-3-9-15(13)18;21-19(17-12-15-7-3-4-8-18(15)24-20(17)22)23-16-10-9-13-5-1-2-6-14(13)11-16;1-27(23,24)20-10-11-5-6-16-12(7-11)8-15(18(22)26-16)17(21)25-14-4-2-3-13(19)9-14;18-9-10-4-5-15-11(6-10)7-14(17(21)23-15)16(20)22-13-3-1-2-12(19)8-13;18-10-11-6-7-15-12(8-11)9-14(17(20)22-15)16(19)21-13-4-2-1-3-5-13;18-12-2-4-13(5-3-12)22-16(20)14-8-11-7-10(9-19)1-6-15(11)23-17(14)21/h2*1-12H;2-9,20H,10H2,1H3;1-8H,9H2;1-9H,10H2;1-8H,9H2. The summed E-state index contributed by atoms with van der Waals surface area (Å²) in [5, 5.41) is 9.56. The van der Waals surface area contributed by atoms with Crippen LogP contribution in [0, 0.1) is 0 Å². The molecule has 0 atom stereocenters. The molecule has 6 aromatic heterocycles. The van der Waals surface area contributed by atoms with Crippen LogP contribution in [-0.4, -0.2) is 50.5 Å². The van der Waals surface area contributed by atoms with Gasteiger partial charge in [0.1, 0.15) is 108 Å². The van der Waals surface area contributed by atoms with E-state index in [9.17, 15) is 70.3 Å². The van der Waals surface area contributed by atoms with Crippen LogP contribution in [0.2, 0.25) is 10.0 Å². The van der Waals surface area contributed by atoms with Crippen LogP contribution >= 0.6 is 71.0 Å². The molecule has 20 aromatic rings. The SMILES string of the molecule is CS(=O)(=O)NCc1ccc2oc(=O)c(C(=O)Oc3cccc(Cl)c3)cc2c1.O=C(Oc1ccc(Cl)cc1)c1cc2cc(CF)ccc2oc1=O.O=C(Oc1ccc2ccccc2c1)c1cc2ccccc2oc1=O.O=C(Oc1cccc(Br)c1)c1cc2cc(CBr)ccc2oc1=O.O=C(Oc1cccc2ccccc12)c1cc2ccccc2oc1=O.O=C(Oc1ccccc1)c1cc2cc(CBr)ccc2oc1=O. The zero-order chi connectivity index (χ0) is 101. The van der Waals surface area contributed by atoms with Crippen LogP contribution in [0.1, 0.15) is 84.4 Å². The minimum absolute atomic E-state index is 0.0657. The molecule has 0 bridgehead atoms. The van der Waals surface area contributed by atoms with Gasteiger partial charge in [0.05, 0.1) is 6.26 Å². The zero-order valence-electron chi connectivity index (χ0n) is 74.0. The Hall–Kier alpha value is -16.5. The molecule has 143 heavy (non-hydrogen) atoms. The van der Waals surface area contributed by atoms with Crippen LogP contribution < -0.4 is 66.9 Å². The third-order valence-corrected chi connectivity index (χ3v) is 23.6. The monoisotopic (exact) mass is 2170 g/mol. The van der Waals surface area contributed by atoms with Crippen molar-refractivity contribution in [2.45, 2.75) is 23.9 Å². The Balaban J connectivity index is 0.000000129. The van der Waals surface area contributed by atoms with E-state index in [0.29, 0.717) is 109 Å². The molecule has 0 amide bonds. The van der Waals surface area contributed by atoms with E-state index in [4.69, 9.17) is 78.1 Å². The fourth-order valence-corrected chi connectivity index (χ4v) is 15.6. The Bertz CT molecular complexity index is 8830. The summed E-state index contributed by atoms with van der Waals surface area (Å²) >= 11 is 21.6. The molecule has 6 heterocycles. The van der Waals surface area contributed by atoms with E-state index in [2.05, 4.69) is 52.5 Å². The largest absolute Gasteiger partial charge is 0.423 e. The summed E-state index contributed by atoms with van der Waals surface area (Å²) in [7, 11) is -3.35. The maximum absolute atomic E-state index is 12.7. The molecule has 27 nitrogen and oxygen atoms in total. The predicted molar refractivity (Wildman–Crippen MR) is 548 cm³/mol. The van der Waals surface area contributed by atoms with Crippen LogP contribution in [0.15, 0.2) is 406 Å². The number of benzene rings is 14. The lowest BCUT2D eigenvalue weighted by Crippen LogP contribution is -2.21. The van der Waals surface area contributed by atoms with Crippen LogP contribution in [0.3, 0.4) is 0 Å². The van der Waals surface area contributed by atoms with Crippen molar-refractivity contribution >= 4 is 204 Å². The Kier molecular flexibility index (Phi) is 32.9. The van der Waals surface area contributed by atoms with Crippen molar-refractivity contribution in [2.75, 3.05) is 6.26 Å². The predicted octanol–water partition coefficient (Wildman–Crippen LogP) is 23.8. The first kappa shape index (κ1) is 101. The van der Waals surface area contributed by atoms with Crippen molar-refractivity contribution in [1.29, 1.82) is 0 Å². The molecule has 14 aromatic carbocycles. The molecular weight excluding hydrogens is 2100 g/mol. The average Bonchev–Trinajstić information content (AvgIpc) is 0.803. The highest BCUT2D eigenvalue weighted by atomic mass is 79.9. The highest BCUT2D eigenvalue weighted by Gasteiger charge is 2.25. The third-order valence-electron chi connectivity index (χ3n) is 20.7. The number of esters is 6. The fraction of sp³-hybridized carbons (Fsp3) is 0.0459. The molecule has 0 aliphatic heterocycles. The van der Waals surface area contributed by atoms with Crippen molar-refractivity contribution in [3.05, 3.63) is 478 Å². The van der Waals surface area contributed by atoms with Crippen LogP contribution in [0.4, 0.5) is 4.39 Å². The number of halogens is 6. The number of alkyl halides is 3. The lowest BCUT2D eigenvalue weighted by molar-refractivity contribution is 0.0720. The molecule has 0 aliphatic carbocycles. The minimum Gasteiger partial charge on any atom is -0.423 e. The third kappa shape index (κ3) is 26.6. The van der Waals surface area contributed by atoms with Gasteiger partial charge in [-0.2, -0.15) is 0 Å². The topological polar surface area (TPSA) is 385 Å². The van der Waals surface area contributed by atoms with Gasteiger partial charge in [0, 0.05) is 69.4 Å². The van der Waals surface area contributed by atoms with Crippen molar-refractivity contribution < 1.29 is 96.5 Å². The second-order valence-corrected chi connectivity index (χ2v) is 35.5. The van der Waals surface area contributed by atoms with E-state index >= 15 is 0 Å². The van der Waals surface area contributed by atoms with Crippen molar-refractivity contribution in [3.8, 4) is 34.5 Å². The molecule has 20 rings (SSSR count). The molecule has 1 N–H and O–H groups in total. The highest BCUT2D eigenvalue weighted by Crippen LogP contribution is 2.31. The minimum atomic E-state index is -3.35. The number of nitrogens with one attached hydrogen (secondary N) is 1. The number of hydrogen-bond donors (Lipinski definition) is 1. The molecule has 0 fully saturated rings. The van der Waals surface area contributed by atoms with Gasteiger partial charge in [-0.25, -0.2) is 75.1 Å². The summed E-state index contributed by atoms with van der Waals surface area (Å²) < 4.78 is 101. The quantitative estimate of drug-likeness (QED) is 0.0361. The summed E-state index contributed by atoms with van der Waals surface area (Å²) in [5.41, 5.74) is -0.185. The first-order valence-corrected chi connectivity index (χ1v) is 48.2. The van der Waals surface area contributed by atoms with E-state index in [1.807, 2.05) is 103 Å². The van der Waals surface area contributed by atoms with Gasteiger partial charge in [-0.05, 0) is 226 Å². The van der Waals surface area contributed by atoms with E-state index in [-0.39, 0.29) is 62.6 Å². The van der Waals surface area contributed by atoms with Gasteiger partial charge in [0.15, 0.2) is 0 Å². The lowest BCUT2D eigenvalue weighted by Gasteiger charge is -2.07. The molecule has 714 valence electrons. The molecule has 0 radical (unpaired) electrons. The van der Waals surface area contributed by atoms with E-state index in [1.54, 1.807) is 158 Å². The second-order valence-electron chi connectivity index (χ2n) is 30.7. The van der Waals surface area contributed by atoms with E-state index in [0.717, 1.165) is 43.4 Å². The number of carbonyl (C=O) groups is 6. The van der Waals surface area contributed by atoms with E-state index < -0.39 is 86.3 Å². The zero-order valence-corrected chi connectivity index (χ0v) is 81.1. The van der Waals surface area contributed by atoms with Gasteiger partial charge in [-0.1, -0.05) is 229 Å². The number of hydrogen-bond acceptors (Lipinski definition) is 26. The molecule has 0 saturated heterocycles. The first-order chi connectivity index (χ1) is 68.9. The second kappa shape index (κ2) is 46.5. The number of para-hydroxylation sites is 3. The maximum atomic E-state index is 12.7. The summed E-state index contributed by atoms with van der Waals surface area (Å²) in [6.07, 6.45) is 1.05. The summed E-state index contributed by atoms with van der Waals surface area (Å²) in [5.74, 6) is -2.73. The Morgan fingerprint density at radius 3 is 1.07 bits per heavy atom. The van der Waals surface area contributed by atoms with Gasteiger partial charge in [0.25, 0.3) is 0 Å². The molecule has 34 heteroatoms. The number of fused-ring (bicyclic) bond motifs is 8. The number of rotatable bonds is 18. The summed E-state index contributed by atoms with van der Waals surface area (Å²) in [6, 6.07) is 96.5. The lowest BCUT2D eigenvalue weighted by atomic mass is 10.1. The number of ether oxygens (including phenoxy) is 6. The Morgan fingerprint density at radius 1 is 0.294 bits per heavy atom. The molecule has 0 aliphatic rings. The van der Waals surface area contributed by atoms with Crippen molar-refractivity contribution in [3.63, 3.8) is 0 Å². The van der Waals surface area contributed by atoms with Crippen LogP contribution in [0.25, 0.3) is 87.4 Å². The van der Waals surface area contributed by atoms with Gasteiger partial charge < -0.3 is 54.9 Å². The maximum Gasteiger partial charge on any atom is 0.351 e.